The van der Waals surface area contributed by atoms with Gasteiger partial charge in [-0.05, 0) is 41.8 Å². The summed E-state index contributed by atoms with van der Waals surface area (Å²) in [5.74, 6) is 3.99. The number of hydrogen-bond acceptors (Lipinski definition) is 5. The van der Waals surface area contributed by atoms with Crippen LogP contribution in [0.2, 0.25) is 0 Å². The SMILES string of the molecule is C#CCOc1ccc(CCC(=O)NC(C#N)c2ccc(OC)cc2)cc1OC. The van der Waals surface area contributed by atoms with E-state index in [4.69, 9.17) is 20.6 Å². The van der Waals surface area contributed by atoms with Gasteiger partial charge in [0.25, 0.3) is 0 Å². The Labute approximate surface area is 165 Å². The summed E-state index contributed by atoms with van der Waals surface area (Å²) in [6.45, 7) is 0.152. The van der Waals surface area contributed by atoms with Gasteiger partial charge in [-0.1, -0.05) is 24.1 Å². The van der Waals surface area contributed by atoms with Gasteiger partial charge in [0.2, 0.25) is 5.91 Å². The van der Waals surface area contributed by atoms with E-state index in [0.717, 1.165) is 5.56 Å². The van der Waals surface area contributed by atoms with E-state index >= 15 is 0 Å². The van der Waals surface area contributed by atoms with Gasteiger partial charge in [0, 0.05) is 6.42 Å². The molecule has 1 amide bonds. The summed E-state index contributed by atoms with van der Waals surface area (Å²) in [6, 6.07) is 13.8. The topological polar surface area (TPSA) is 80.6 Å². The summed E-state index contributed by atoms with van der Waals surface area (Å²) in [5, 5.41) is 12.1. The van der Waals surface area contributed by atoms with Crippen molar-refractivity contribution in [2.75, 3.05) is 20.8 Å². The first-order valence-electron chi connectivity index (χ1n) is 8.67. The van der Waals surface area contributed by atoms with Gasteiger partial charge in [-0.15, -0.1) is 6.42 Å². The number of terminal acetylenes is 1. The molecular weight excluding hydrogens is 356 g/mol. The van der Waals surface area contributed by atoms with Crippen molar-refractivity contribution in [2.24, 2.45) is 0 Å². The lowest BCUT2D eigenvalue weighted by molar-refractivity contribution is -0.121. The lowest BCUT2D eigenvalue weighted by Crippen LogP contribution is -2.27. The molecule has 0 fully saturated rings. The quantitative estimate of drug-likeness (QED) is 0.679. The first-order valence-corrected chi connectivity index (χ1v) is 8.67. The van der Waals surface area contributed by atoms with Crippen LogP contribution in [0.25, 0.3) is 0 Å². The number of nitrogens with zero attached hydrogens (tertiary/aromatic N) is 1. The van der Waals surface area contributed by atoms with Crippen LogP contribution >= 0.6 is 0 Å². The largest absolute Gasteiger partial charge is 0.497 e. The molecule has 2 rings (SSSR count). The van der Waals surface area contributed by atoms with Crippen LogP contribution in [0.1, 0.15) is 23.6 Å². The number of nitriles is 1. The van der Waals surface area contributed by atoms with E-state index in [1.165, 1.54) is 0 Å². The number of benzene rings is 2. The van der Waals surface area contributed by atoms with Crippen LogP contribution in [-0.2, 0) is 11.2 Å². The second kappa shape index (κ2) is 10.5. The lowest BCUT2D eigenvalue weighted by Gasteiger charge is -2.13. The molecule has 144 valence electrons. The fourth-order valence-electron chi connectivity index (χ4n) is 2.58. The van der Waals surface area contributed by atoms with Crippen LogP contribution < -0.4 is 19.5 Å². The first-order chi connectivity index (χ1) is 13.6. The van der Waals surface area contributed by atoms with E-state index in [9.17, 15) is 10.1 Å². The number of methoxy groups -OCH3 is 2. The summed E-state index contributed by atoms with van der Waals surface area (Å²) < 4.78 is 15.8. The molecule has 1 N–H and O–H groups in total. The van der Waals surface area contributed by atoms with Crippen molar-refractivity contribution in [2.45, 2.75) is 18.9 Å². The Bertz CT molecular complexity index is 879. The van der Waals surface area contributed by atoms with Gasteiger partial charge in [0.15, 0.2) is 11.5 Å². The second-order valence-corrected chi connectivity index (χ2v) is 5.88. The highest BCUT2D eigenvalue weighted by molar-refractivity contribution is 5.77. The third-order valence-corrected chi connectivity index (χ3v) is 4.06. The maximum Gasteiger partial charge on any atom is 0.221 e. The molecule has 28 heavy (non-hydrogen) atoms. The number of carbonyl (C=O) groups is 1. The molecule has 0 aliphatic heterocycles. The number of amides is 1. The first kappa shape index (κ1) is 20.7. The third-order valence-electron chi connectivity index (χ3n) is 4.06. The van der Waals surface area contributed by atoms with E-state index in [1.54, 1.807) is 44.6 Å². The zero-order valence-electron chi connectivity index (χ0n) is 15.9. The molecule has 0 aromatic heterocycles. The van der Waals surface area contributed by atoms with E-state index < -0.39 is 6.04 Å². The minimum Gasteiger partial charge on any atom is -0.497 e. The fourth-order valence-corrected chi connectivity index (χ4v) is 2.58. The lowest BCUT2D eigenvalue weighted by atomic mass is 10.1. The standard InChI is InChI=1S/C22H22N2O4/c1-4-13-28-20-11-5-16(14-21(20)27-3)6-12-22(25)24-19(15-23)17-7-9-18(26-2)10-8-17/h1,5,7-11,14,19H,6,12-13H2,2-3H3,(H,24,25). The van der Waals surface area contributed by atoms with Crippen molar-refractivity contribution < 1.29 is 19.0 Å². The molecule has 0 aliphatic rings. The predicted octanol–water partition coefficient (Wildman–Crippen LogP) is 3.03. The Morgan fingerprint density at radius 1 is 1.14 bits per heavy atom. The molecule has 1 unspecified atom stereocenters. The molecule has 0 spiro atoms. The molecule has 6 heteroatoms. The highest BCUT2D eigenvalue weighted by Gasteiger charge is 2.14. The maximum absolute atomic E-state index is 12.3. The average Bonchev–Trinajstić information content (AvgIpc) is 2.74. The van der Waals surface area contributed by atoms with Crippen molar-refractivity contribution in [3.05, 3.63) is 53.6 Å². The number of carbonyl (C=O) groups excluding carboxylic acids is 1. The van der Waals surface area contributed by atoms with E-state index in [0.29, 0.717) is 29.2 Å². The Morgan fingerprint density at radius 3 is 2.50 bits per heavy atom. The van der Waals surface area contributed by atoms with Gasteiger partial charge < -0.3 is 19.5 Å². The highest BCUT2D eigenvalue weighted by Crippen LogP contribution is 2.28. The maximum atomic E-state index is 12.3. The van der Waals surface area contributed by atoms with E-state index in [-0.39, 0.29) is 18.9 Å². The highest BCUT2D eigenvalue weighted by atomic mass is 16.5. The smallest absolute Gasteiger partial charge is 0.221 e. The van der Waals surface area contributed by atoms with E-state index in [2.05, 4.69) is 17.3 Å². The van der Waals surface area contributed by atoms with Crippen LogP contribution in [0.5, 0.6) is 17.2 Å². The Balaban J connectivity index is 1.95. The average molecular weight is 378 g/mol. The van der Waals surface area contributed by atoms with Gasteiger partial charge in [-0.25, -0.2) is 0 Å². The monoisotopic (exact) mass is 378 g/mol. The fraction of sp³-hybridized carbons (Fsp3) is 0.273. The van der Waals surface area contributed by atoms with Crippen LogP contribution in [0.15, 0.2) is 42.5 Å². The Morgan fingerprint density at radius 2 is 1.89 bits per heavy atom. The minimum absolute atomic E-state index is 0.152. The number of nitrogens with one attached hydrogen (secondary N) is 1. The Kier molecular flexibility index (Phi) is 7.75. The van der Waals surface area contributed by atoms with Crippen LogP contribution in [0.4, 0.5) is 0 Å². The van der Waals surface area contributed by atoms with Gasteiger partial charge in [0.05, 0.1) is 20.3 Å². The molecule has 0 aliphatic carbocycles. The zero-order chi connectivity index (χ0) is 20.4. The third kappa shape index (κ3) is 5.69. The summed E-state index contributed by atoms with van der Waals surface area (Å²) in [5.41, 5.74) is 1.62. The van der Waals surface area contributed by atoms with Crippen molar-refractivity contribution in [1.29, 1.82) is 5.26 Å². The predicted molar refractivity (Wildman–Crippen MR) is 105 cm³/mol. The van der Waals surface area contributed by atoms with Gasteiger partial charge in [-0.3, -0.25) is 4.79 Å². The minimum atomic E-state index is -0.715. The molecule has 6 nitrogen and oxygen atoms in total. The molecular formula is C22H22N2O4. The van der Waals surface area contributed by atoms with Crippen LogP contribution in [0, 0.1) is 23.7 Å². The van der Waals surface area contributed by atoms with Crippen molar-refractivity contribution in [3.8, 4) is 35.7 Å². The zero-order valence-corrected chi connectivity index (χ0v) is 15.9. The van der Waals surface area contributed by atoms with Crippen molar-refractivity contribution >= 4 is 5.91 Å². The summed E-state index contributed by atoms with van der Waals surface area (Å²) in [4.78, 5) is 12.3. The molecule has 0 heterocycles. The molecule has 0 radical (unpaired) electrons. The molecule has 2 aromatic carbocycles. The number of rotatable bonds is 9. The van der Waals surface area contributed by atoms with Crippen molar-refractivity contribution in [3.63, 3.8) is 0 Å². The molecule has 0 saturated carbocycles. The van der Waals surface area contributed by atoms with Crippen molar-refractivity contribution in [1.82, 2.24) is 5.32 Å². The van der Waals surface area contributed by atoms with E-state index in [1.807, 2.05) is 12.1 Å². The van der Waals surface area contributed by atoms with Gasteiger partial charge >= 0.3 is 0 Å². The normalized spacial score (nSPS) is 10.9. The summed E-state index contributed by atoms with van der Waals surface area (Å²) >= 11 is 0. The summed E-state index contributed by atoms with van der Waals surface area (Å²) in [7, 11) is 3.11. The van der Waals surface area contributed by atoms with Gasteiger partial charge in [-0.2, -0.15) is 5.26 Å². The molecule has 0 bridgehead atoms. The second-order valence-electron chi connectivity index (χ2n) is 5.88. The molecule has 2 aromatic rings. The number of aryl methyl sites for hydroxylation is 1. The number of ether oxygens (including phenoxy) is 3. The molecule has 0 saturated heterocycles. The van der Waals surface area contributed by atoms with Crippen LogP contribution in [-0.4, -0.2) is 26.7 Å². The van der Waals surface area contributed by atoms with Crippen LogP contribution in [0.3, 0.4) is 0 Å². The van der Waals surface area contributed by atoms with Gasteiger partial charge in [0.1, 0.15) is 18.4 Å². The Hall–Kier alpha value is -3.64. The molecule has 1 atom stereocenters. The number of hydrogen-bond donors (Lipinski definition) is 1. The summed E-state index contributed by atoms with van der Waals surface area (Å²) in [6.07, 6.45) is 5.93.